The Balaban J connectivity index is 1.64. The van der Waals surface area contributed by atoms with Crippen LogP contribution in [0.5, 0.6) is 5.75 Å². The molecule has 0 fully saturated rings. The number of hydrogen-bond acceptors (Lipinski definition) is 5. The topological polar surface area (TPSA) is 93.5 Å². The Hall–Kier alpha value is -3.78. The zero-order chi connectivity index (χ0) is 20.6. The molecule has 1 amide bonds. The molecule has 0 saturated heterocycles. The molecule has 29 heavy (non-hydrogen) atoms. The van der Waals surface area contributed by atoms with Gasteiger partial charge in [0.25, 0.3) is 11.6 Å². The molecule has 0 spiro atoms. The zero-order valence-electron chi connectivity index (χ0n) is 15.2. The first-order valence-corrected chi connectivity index (χ1v) is 9.06. The normalized spacial score (nSPS) is 10.1. The molecule has 3 aromatic carbocycles. The summed E-state index contributed by atoms with van der Waals surface area (Å²) >= 11 is 5.20. The second-order valence-electron chi connectivity index (χ2n) is 5.99. The molecule has 8 heteroatoms. The van der Waals surface area contributed by atoms with Crippen molar-refractivity contribution >= 4 is 34.6 Å². The average molecular weight is 407 g/mol. The minimum absolute atomic E-state index is 0.0530. The van der Waals surface area contributed by atoms with Crippen molar-refractivity contribution in [3.05, 3.63) is 100 Å². The van der Waals surface area contributed by atoms with Crippen LogP contribution in [0.25, 0.3) is 0 Å². The number of hydrogen-bond donors (Lipinski definition) is 2. The van der Waals surface area contributed by atoms with Crippen LogP contribution in [0.3, 0.4) is 0 Å². The highest BCUT2D eigenvalue weighted by atomic mass is 32.1. The van der Waals surface area contributed by atoms with Gasteiger partial charge < -0.3 is 10.1 Å². The molecule has 0 atom stereocenters. The Kier molecular flexibility index (Phi) is 6.49. The first kappa shape index (κ1) is 20.0. The molecule has 146 valence electrons. The van der Waals surface area contributed by atoms with Crippen LogP contribution in [-0.4, -0.2) is 15.9 Å². The van der Waals surface area contributed by atoms with E-state index in [1.54, 1.807) is 12.1 Å². The summed E-state index contributed by atoms with van der Waals surface area (Å²) in [6, 6.07) is 22.3. The number of carbonyl (C=O) groups is 1. The van der Waals surface area contributed by atoms with E-state index in [1.807, 2.05) is 42.5 Å². The van der Waals surface area contributed by atoms with E-state index in [0.717, 1.165) is 5.56 Å². The van der Waals surface area contributed by atoms with E-state index < -0.39 is 10.8 Å². The minimum atomic E-state index is -0.562. The van der Waals surface area contributed by atoms with Gasteiger partial charge in [0.2, 0.25) is 0 Å². The van der Waals surface area contributed by atoms with Gasteiger partial charge in [0.1, 0.15) is 12.4 Å². The van der Waals surface area contributed by atoms with Gasteiger partial charge in [-0.15, -0.1) is 0 Å². The Labute approximate surface area is 172 Å². The number of benzene rings is 3. The number of nitrogens with one attached hydrogen (secondary N) is 2. The van der Waals surface area contributed by atoms with Crippen molar-refractivity contribution in [2.24, 2.45) is 0 Å². The summed E-state index contributed by atoms with van der Waals surface area (Å²) in [5.74, 6) is 0.0252. The summed E-state index contributed by atoms with van der Waals surface area (Å²) in [7, 11) is 0. The monoisotopic (exact) mass is 407 g/mol. The maximum absolute atomic E-state index is 12.3. The van der Waals surface area contributed by atoms with E-state index in [0.29, 0.717) is 18.0 Å². The lowest BCUT2D eigenvalue weighted by Crippen LogP contribution is -2.34. The number of carbonyl (C=O) groups excluding carboxylic acids is 1. The van der Waals surface area contributed by atoms with Gasteiger partial charge in [0.05, 0.1) is 10.6 Å². The van der Waals surface area contributed by atoms with E-state index in [4.69, 9.17) is 17.0 Å². The van der Waals surface area contributed by atoms with Gasteiger partial charge in [0, 0.05) is 17.7 Å². The predicted molar refractivity (Wildman–Crippen MR) is 114 cm³/mol. The lowest BCUT2D eigenvalue weighted by Gasteiger charge is -2.14. The lowest BCUT2D eigenvalue weighted by molar-refractivity contribution is -0.384. The second kappa shape index (κ2) is 9.43. The largest absolute Gasteiger partial charge is 0.487 e. The lowest BCUT2D eigenvalue weighted by atomic mass is 10.2. The SMILES string of the molecule is O=C(NC(=S)Nc1ccccc1OCc1ccccc1)c1cccc([N+](=O)[O-])c1. The smallest absolute Gasteiger partial charge is 0.270 e. The minimum Gasteiger partial charge on any atom is -0.487 e. The second-order valence-corrected chi connectivity index (χ2v) is 6.39. The fourth-order valence-electron chi connectivity index (χ4n) is 2.52. The third-order valence-electron chi connectivity index (χ3n) is 3.92. The molecule has 0 aliphatic heterocycles. The maximum Gasteiger partial charge on any atom is 0.270 e. The number of nitro benzene ring substituents is 1. The van der Waals surface area contributed by atoms with Gasteiger partial charge in [-0.25, -0.2) is 0 Å². The van der Waals surface area contributed by atoms with E-state index in [-0.39, 0.29) is 16.4 Å². The summed E-state index contributed by atoms with van der Waals surface area (Å²) in [4.78, 5) is 22.6. The fraction of sp³-hybridized carbons (Fsp3) is 0.0476. The van der Waals surface area contributed by atoms with E-state index in [2.05, 4.69) is 10.6 Å². The summed E-state index contributed by atoms with van der Waals surface area (Å²) in [6.07, 6.45) is 0. The molecule has 2 N–H and O–H groups in total. The molecule has 0 aliphatic carbocycles. The Morgan fingerprint density at radius 3 is 2.48 bits per heavy atom. The van der Waals surface area contributed by atoms with Crippen molar-refractivity contribution in [2.45, 2.75) is 6.61 Å². The van der Waals surface area contributed by atoms with Crippen LogP contribution < -0.4 is 15.4 Å². The zero-order valence-corrected chi connectivity index (χ0v) is 16.0. The molecule has 3 rings (SSSR count). The summed E-state index contributed by atoms with van der Waals surface area (Å²) < 4.78 is 5.85. The van der Waals surface area contributed by atoms with Gasteiger partial charge in [-0.3, -0.25) is 20.2 Å². The first-order valence-electron chi connectivity index (χ1n) is 8.65. The van der Waals surface area contributed by atoms with Crippen molar-refractivity contribution in [3.63, 3.8) is 0 Å². The van der Waals surface area contributed by atoms with Crippen molar-refractivity contribution in [3.8, 4) is 5.75 Å². The highest BCUT2D eigenvalue weighted by Crippen LogP contribution is 2.24. The van der Waals surface area contributed by atoms with Gasteiger partial charge in [-0.05, 0) is 36.0 Å². The summed E-state index contributed by atoms with van der Waals surface area (Å²) in [5, 5.41) is 16.4. The van der Waals surface area contributed by atoms with Crippen molar-refractivity contribution < 1.29 is 14.5 Å². The number of anilines is 1. The molecule has 0 radical (unpaired) electrons. The number of thiocarbonyl (C=S) groups is 1. The van der Waals surface area contributed by atoms with Crippen LogP contribution in [0.2, 0.25) is 0 Å². The Morgan fingerprint density at radius 2 is 1.72 bits per heavy atom. The highest BCUT2D eigenvalue weighted by molar-refractivity contribution is 7.80. The first-order chi connectivity index (χ1) is 14.0. The molecular weight excluding hydrogens is 390 g/mol. The Bertz CT molecular complexity index is 1040. The number of ether oxygens (including phenoxy) is 1. The molecular formula is C21H17N3O4S. The van der Waals surface area contributed by atoms with Crippen molar-refractivity contribution in [2.75, 3.05) is 5.32 Å². The Morgan fingerprint density at radius 1 is 1.00 bits per heavy atom. The number of amides is 1. The van der Waals surface area contributed by atoms with Gasteiger partial charge in [0.15, 0.2) is 5.11 Å². The molecule has 0 saturated carbocycles. The molecule has 0 heterocycles. The molecule has 0 bridgehead atoms. The van der Waals surface area contributed by atoms with Crippen LogP contribution >= 0.6 is 12.2 Å². The summed E-state index contributed by atoms with van der Waals surface area (Å²) in [6.45, 7) is 0.381. The molecule has 0 aromatic heterocycles. The standard InChI is InChI=1S/C21H17N3O4S/c25-20(16-9-6-10-17(13-16)24(26)27)23-21(29)22-18-11-4-5-12-19(18)28-14-15-7-2-1-3-8-15/h1-13H,14H2,(H2,22,23,25,29). The van der Waals surface area contributed by atoms with Crippen LogP contribution in [0.15, 0.2) is 78.9 Å². The molecule has 3 aromatic rings. The van der Waals surface area contributed by atoms with Gasteiger partial charge in [-0.1, -0.05) is 48.5 Å². The van der Waals surface area contributed by atoms with Crippen LogP contribution in [-0.2, 0) is 6.61 Å². The van der Waals surface area contributed by atoms with Crippen LogP contribution in [0.1, 0.15) is 15.9 Å². The molecule has 0 aliphatic rings. The maximum atomic E-state index is 12.3. The van der Waals surface area contributed by atoms with Gasteiger partial charge in [-0.2, -0.15) is 0 Å². The van der Waals surface area contributed by atoms with Crippen LogP contribution in [0, 0.1) is 10.1 Å². The summed E-state index contributed by atoms with van der Waals surface area (Å²) in [5.41, 5.74) is 1.57. The average Bonchev–Trinajstić information content (AvgIpc) is 2.74. The highest BCUT2D eigenvalue weighted by Gasteiger charge is 2.13. The number of non-ortho nitro benzene ring substituents is 1. The predicted octanol–water partition coefficient (Wildman–Crippen LogP) is 4.30. The number of rotatable bonds is 6. The number of para-hydroxylation sites is 2. The van der Waals surface area contributed by atoms with Crippen molar-refractivity contribution in [1.29, 1.82) is 0 Å². The van der Waals surface area contributed by atoms with E-state index in [9.17, 15) is 14.9 Å². The third kappa shape index (κ3) is 5.60. The number of nitrogens with zero attached hydrogens (tertiary/aromatic N) is 1. The van der Waals surface area contributed by atoms with E-state index in [1.165, 1.54) is 24.3 Å². The van der Waals surface area contributed by atoms with Crippen LogP contribution in [0.4, 0.5) is 11.4 Å². The molecule has 0 unspecified atom stereocenters. The number of nitro groups is 1. The van der Waals surface area contributed by atoms with Gasteiger partial charge >= 0.3 is 0 Å². The van der Waals surface area contributed by atoms with Crippen molar-refractivity contribution in [1.82, 2.24) is 5.32 Å². The third-order valence-corrected chi connectivity index (χ3v) is 4.12. The quantitative estimate of drug-likeness (QED) is 0.359. The van der Waals surface area contributed by atoms with E-state index >= 15 is 0 Å². The molecule has 7 nitrogen and oxygen atoms in total. The fourth-order valence-corrected chi connectivity index (χ4v) is 2.72.